The molecule has 0 radical (unpaired) electrons. The van der Waals surface area contributed by atoms with Crippen LogP contribution in [0.5, 0.6) is 0 Å². The molecular weight excluding hydrogens is 470 g/mol. The minimum absolute atomic E-state index is 0.0238. The Hall–Kier alpha value is -4.12. The van der Waals surface area contributed by atoms with Gasteiger partial charge in [0.1, 0.15) is 12.6 Å². The lowest BCUT2D eigenvalue weighted by atomic mass is 9.96. The van der Waals surface area contributed by atoms with Gasteiger partial charge in [0, 0.05) is 18.2 Å². The van der Waals surface area contributed by atoms with Crippen molar-refractivity contribution in [2.75, 3.05) is 11.4 Å². The third kappa shape index (κ3) is 3.94. The molecule has 2 unspecified atom stereocenters. The van der Waals surface area contributed by atoms with Crippen molar-refractivity contribution in [2.45, 2.75) is 44.2 Å². The number of anilines is 1. The smallest absolute Gasteiger partial charge is 0.247 e. The highest BCUT2D eigenvalue weighted by Crippen LogP contribution is 2.50. The van der Waals surface area contributed by atoms with E-state index >= 15 is 0 Å². The summed E-state index contributed by atoms with van der Waals surface area (Å²) in [5.41, 5.74) is 6.37. The Morgan fingerprint density at radius 2 is 1.58 bits per heavy atom. The van der Waals surface area contributed by atoms with Crippen molar-refractivity contribution >= 4 is 17.5 Å². The van der Waals surface area contributed by atoms with Crippen molar-refractivity contribution in [2.24, 2.45) is 5.92 Å². The number of rotatable bonds is 6. The Labute approximate surface area is 223 Å². The number of hydrogen-bond acceptors (Lipinski definition) is 2. The largest absolute Gasteiger partial charge is 0.330 e. The van der Waals surface area contributed by atoms with E-state index in [9.17, 15) is 9.59 Å². The fourth-order valence-electron chi connectivity index (χ4n) is 6.16. The zero-order valence-corrected chi connectivity index (χ0v) is 21.5. The summed E-state index contributed by atoms with van der Waals surface area (Å²) in [5.74, 6) is 0.340. The van der Waals surface area contributed by atoms with Gasteiger partial charge in [0.2, 0.25) is 11.8 Å². The second-order valence-electron chi connectivity index (χ2n) is 10.9. The van der Waals surface area contributed by atoms with Crippen LogP contribution >= 0.6 is 0 Å². The molecule has 3 atom stereocenters. The first-order chi connectivity index (χ1) is 18.6. The van der Waals surface area contributed by atoms with E-state index in [1.807, 2.05) is 52.3 Å². The lowest BCUT2D eigenvalue weighted by Crippen LogP contribution is -2.47. The number of para-hydroxylation sites is 2. The number of hydrogen-bond donors (Lipinski definition) is 0. The standard InChI is InChI=1S/C33H31N3O2/c1-22-9-7-12-24(19-22)32-30-15-8-18-34(30)28-13-5-6-14-29(28)36(32)31(37)21-35(25-16-17-25)33(38)27-20-26(27)23-10-3-2-4-11-23/h2-15,18-19,25-27,32H,16-17,20-21H2,1H3/t26-,27?,32?/m0/s1. The molecule has 1 aliphatic heterocycles. The zero-order chi connectivity index (χ0) is 25.8. The Bertz CT molecular complexity index is 1520. The average molecular weight is 502 g/mol. The zero-order valence-electron chi connectivity index (χ0n) is 21.5. The van der Waals surface area contributed by atoms with Crippen molar-refractivity contribution < 1.29 is 9.59 Å². The van der Waals surface area contributed by atoms with Crippen molar-refractivity contribution in [1.82, 2.24) is 9.47 Å². The molecule has 38 heavy (non-hydrogen) atoms. The molecule has 190 valence electrons. The number of fused-ring (bicyclic) bond motifs is 3. The summed E-state index contributed by atoms with van der Waals surface area (Å²) in [5, 5.41) is 0. The van der Waals surface area contributed by atoms with E-state index in [1.54, 1.807) is 0 Å². The monoisotopic (exact) mass is 501 g/mol. The molecule has 2 heterocycles. The van der Waals surface area contributed by atoms with Crippen LogP contribution in [0.2, 0.25) is 0 Å². The van der Waals surface area contributed by atoms with Crippen molar-refractivity contribution in [3.63, 3.8) is 0 Å². The van der Waals surface area contributed by atoms with E-state index in [1.165, 1.54) is 5.56 Å². The second kappa shape index (κ2) is 9.02. The maximum atomic E-state index is 14.3. The van der Waals surface area contributed by atoms with Crippen LogP contribution in [0.25, 0.3) is 5.69 Å². The molecule has 7 rings (SSSR count). The van der Waals surface area contributed by atoms with Gasteiger partial charge in [-0.25, -0.2) is 0 Å². The SMILES string of the molecule is Cc1cccc(C2c3cccn3-c3ccccc3N2C(=O)CN(C(=O)C2C[C@H]2c2ccccc2)C2CC2)c1. The second-order valence-corrected chi connectivity index (χ2v) is 10.9. The van der Waals surface area contributed by atoms with Crippen molar-refractivity contribution in [3.05, 3.63) is 120 Å². The molecule has 3 aromatic carbocycles. The van der Waals surface area contributed by atoms with Gasteiger partial charge in [-0.05, 0) is 67.5 Å². The molecule has 1 aromatic heterocycles. The summed E-state index contributed by atoms with van der Waals surface area (Å²) < 4.78 is 2.19. The summed E-state index contributed by atoms with van der Waals surface area (Å²) >= 11 is 0. The molecule has 2 amide bonds. The Morgan fingerprint density at radius 1 is 0.842 bits per heavy atom. The van der Waals surface area contributed by atoms with Gasteiger partial charge in [0.25, 0.3) is 0 Å². The van der Waals surface area contributed by atoms with Crippen molar-refractivity contribution in [3.8, 4) is 5.69 Å². The first-order valence-electron chi connectivity index (χ1n) is 13.6. The van der Waals surface area contributed by atoms with Crippen molar-refractivity contribution in [1.29, 1.82) is 0 Å². The molecule has 0 saturated heterocycles. The lowest BCUT2D eigenvalue weighted by molar-refractivity contribution is -0.137. The van der Waals surface area contributed by atoms with Gasteiger partial charge in [-0.15, -0.1) is 0 Å². The first kappa shape index (κ1) is 23.0. The summed E-state index contributed by atoms with van der Waals surface area (Å²) in [6, 6.07) is 30.8. The van der Waals surface area contributed by atoms with E-state index in [-0.39, 0.29) is 42.3 Å². The molecule has 2 saturated carbocycles. The molecule has 0 spiro atoms. The number of carbonyl (C=O) groups is 2. The maximum absolute atomic E-state index is 14.3. The predicted molar refractivity (Wildman–Crippen MR) is 148 cm³/mol. The molecule has 5 nitrogen and oxygen atoms in total. The summed E-state index contributed by atoms with van der Waals surface area (Å²) in [6.07, 6.45) is 4.88. The first-order valence-corrected chi connectivity index (χ1v) is 13.6. The van der Waals surface area contributed by atoms with Crippen LogP contribution in [-0.4, -0.2) is 33.9 Å². The number of aromatic nitrogens is 1. The van der Waals surface area contributed by atoms with Gasteiger partial charge in [-0.3, -0.25) is 14.5 Å². The molecule has 4 aromatic rings. The number of amides is 2. The van der Waals surface area contributed by atoms with Gasteiger partial charge in [-0.1, -0.05) is 72.3 Å². The van der Waals surface area contributed by atoms with Crippen LogP contribution in [0.3, 0.4) is 0 Å². The molecule has 2 aliphatic carbocycles. The van der Waals surface area contributed by atoms with Gasteiger partial charge in [-0.2, -0.15) is 0 Å². The van der Waals surface area contributed by atoms with E-state index in [4.69, 9.17) is 0 Å². The number of nitrogens with zero attached hydrogens (tertiary/aromatic N) is 3. The Morgan fingerprint density at radius 3 is 2.34 bits per heavy atom. The topological polar surface area (TPSA) is 45.6 Å². The van der Waals surface area contributed by atoms with Crippen LogP contribution in [0, 0.1) is 12.8 Å². The van der Waals surface area contributed by atoms with E-state index in [0.717, 1.165) is 47.5 Å². The highest BCUT2D eigenvalue weighted by molar-refractivity contribution is 6.01. The normalized spacial score (nSPS) is 21.4. The number of aryl methyl sites for hydroxylation is 1. The predicted octanol–water partition coefficient (Wildman–Crippen LogP) is 6.02. The Balaban J connectivity index is 1.23. The van der Waals surface area contributed by atoms with E-state index in [2.05, 4.69) is 66.2 Å². The van der Waals surface area contributed by atoms with E-state index < -0.39 is 0 Å². The van der Waals surface area contributed by atoms with Gasteiger partial charge < -0.3 is 9.47 Å². The Kier molecular flexibility index (Phi) is 5.46. The quantitative estimate of drug-likeness (QED) is 0.325. The fourth-order valence-corrected chi connectivity index (χ4v) is 6.16. The molecule has 3 aliphatic rings. The molecule has 2 fully saturated rings. The van der Waals surface area contributed by atoms with Crippen LogP contribution in [0.1, 0.15) is 53.6 Å². The molecule has 0 bridgehead atoms. The highest BCUT2D eigenvalue weighted by atomic mass is 16.2. The summed E-state index contributed by atoms with van der Waals surface area (Å²) in [6.45, 7) is 2.19. The van der Waals surface area contributed by atoms with Crippen LogP contribution in [0.15, 0.2) is 97.2 Å². The van der Waals surface area contributed by atoms with Gasteiger partial charge in [0.05, 0.1) is 17.1 Å². The van der Waals surface area contributed by atoms with Crippen LogP contribution < -0.4 is 4.90 Å². The fraction of sp³-hybridized carbons (Fsp3) is 0.273. The summed E-state index contributed by atoms with van der Waals surface area (Å²) in [7, 11) is 0. The molecular formula is C33H31N3O2. The highest BCUT2D eigenvalue weighted by Gasteiger charge is 2.49. The van der Waals surface area contributed by atoms with Gasteiger partial charge >= 0.3 is 0 Å². The van der Waals surface area contributed by atoms with Crippen LogP contribution in [-0.2, 0) is 9.59 Å². The number of carbonyl (C=O) groups excluding carboxylic acids is 2. The third-order valence-corrected chi connectivity index (χ3v) is 8.26. The molecule has 0 N–H and O–H groups in total. The lowest BCUT2D eigenvalue weighted by Gasteiger charge is -2.39. The van der Waals surface area contributed by atoms with Gasteiger partial charge in [0.15, 0.2) is 0 Å². The summed E-state index contributed by atoms with van der Waals surface area (Å²) in [4.78, 5) is 31.9. The third-order valence-electron chi connectivity index (χ3n) is 8.26. The molecule has 5 heteroatoms. The average Bonchev–Trinajstić information content (AvgIpc) is 3.88. The minimum Gasteiger partial charge on any atom is -0.330 e. The van der Waals surface area contributed by atoms with Crippen LogP contribution in [0.4, 0.5) is 5.69 Å². The number of benzene rings is 3. The van der Waals surface area contributed by atoms with E-state index in [0.29, 0.717) is 0 Å². The maximum Gasteiger partial charge on any atom is 0.247 e. The minimum atomic E-state index is -0.263.